The molecule has 0 unspecified atom stereocenters. The SMILES string of the molecule is O=[S-](O)=Nc1ccc(NNc2cc(C3CC3)nc(NCCCO)n2)cc1. The zero-order chi connectivity index (χ0) is 18.4. The predicted octanol–water partition coefficient (Wildman–Crippen LogP) is 2.84. The van der Waals surface area contributed by atoms with Gasteiger partial charge in [0.1, 0.15) is 5.82 Å². The second-order valence-electron chi connectivity index (χ2n) is 5.90. The van der Waals surface area contributed by atoms with Crippen molar-refractivity contribution in [1.29, 1.82) is 0 Å². The fourth-order valence-corrected chi connectivity index (χ4v) is 2.61. The molecular weight excluding hydrogens is 356 g/mol. The summed E-state index contributed by atoms with van der Waals surface area (Å²) in [6, 6.07) is 8.66. The molecule has 1 heterocycles. The van der Waals surface area contributed by atoms with E-state index < -0.39 is 10.9 Å². The van der Waals surface area contributed by atoms with Gasteiger partial charge in [-0.15, -0.1) is 0 Å². The largest absolute Gasteiger partial charge is 0.454 e. The quantitative estimate of drug-likeness (QED) is 0.195. The second kappa shape index (κ2) is 8.79. The first-order valence-electron chi connectivity index (χ1n) is 8.32. The number of benzene rings is 1. The number of hydrogen-bond donors (Lipinski definition) is 5. The van der Waals surface area contributed by atoms with Crippen molar-refractivity contribution in [2.75, 3.05) is 29.3 Å². The van der Waals surface area contributed by atoms with Crippen LogP contribution in [-0.2, 0) is 15.1 Å². The Morgan fingerprint density at radius 2 is 1.96 bits per heavy atom. The van der Waals surface area contributed by atoms with Crippen LogP contribution in [0.15, 0.2) is 34.7 Å². The lowest BCUT2D eigenvalue weighted by Gasteiger charge is -2.12. The maximum Gasteiger partial charge on any atom is 0.224 e. The number of nitrogens with one attached hydrogen (secondary N) is 3. The molecular formula is C16H21N6O3S-. The zero-order valence-electron chi connectivity index (χ0n) is 14.1. The van der Waals surface area contributed by atoms with Crippen molar-refractivity contribution < 1.29 is 13.9 Å². The molecule has 0 radical (unpaired) electrons. The van der Waals surface area contributed by atoms with Gasteiger partial charge in [-0.3, -0.25) is 10.9 Å². The monoisotopic (exact) mass is 377 g/mol. The Hall–Kier alpha value is -2.43. The van der Waals surface area contributed by atoms with E-state index in [1.807, 2.05) is 6.07 Å². The van der Waals surface area contributed by atoms with Crippen LogP contribution in [0.5, 0.6) is 0 Å². The topological polar surface area (TPSA) is 132 Å². The molecule has 0 aliphatic heterocycles. The fraction of sp³-hybridized carbons (Fsp3) is 0.375. The molecule has 1 aliphatic carbocycles. The van der Waals surface area contributed by atoms with Crippen molar-refractivity contribution in [2.45, 2.75) is 25.2 Å². The van der Waals surface area contributed by atoms with E-state index in [0.717, 1.165) is 24.2 Å². The zero-order valence-corrected chi connectivity index (χ0v) is 14.9. The first-order valence-corrected chi connectivity index (χ1v) is 9.39. The van der Waals surface area contributed by atoms with E-state index in [1.165, 1.54) is 0 Å². The van der Waals surface area contributed by atoms with Gasteiger partial charge in [-0.1, -0.05) is 10.9 Å². The van der Waals surface area contributed by atoms with Gasteiger partial charge in [-0.05, 0) is 43.5 Å². The molecule has 3 rings (SSSR count). The molecule has 1 saturated carbocycles. The highest BCUT2D eigenvalue weighted by Crippen LogP contribution is 2.39. The van der Waals surface area contributed by atoms with Crippen LogP contribution in [0.4, 0.5) is 23.1 Å². The van der Waals surface area contributed by atoms with Crippen LogP contribution in [-0.4, -0.2) is 32.8 Å². The van der Waals surface area contributed by atoms with E-state index in [9.17, 15) is 4.21 Å². The number of aliphatic hydroxyl groups excluding tert-OH is 1. The Labute approximate surface area is 153 Å². The molecule has 140 valence electrons. The number of hydrazine groups is 1. The number of rotatable bonds is 9. The normalized spacial score (nSPS) is 14.8. The van der Waals surface area contributed by atoms with Gasteiger partial charge in [-0.25, -0.2) is 4.98 Å². The lowest BCUT2D eigenvalue weighted by atomic mass is 10.3. The number of aromatic nitrogens is 2. The molecule has 1 aromatic carbocycles. The van der Waals surface area contributed by atoms with E-state index in [1.54, 1.807) is 24.3 Å². The van der Waals surface area contributed by atoms with Crippen molar-refractivity contribution in [1.82, 2.24) is 9.97 Å². The Bertz CT molecular complexity index is 819. The van der Waals surface area contributed by atoms with Crippen LogP contribution in [0, 0.1) is 0 Å². The summed E-state index contributed by atoms with van der Waals surface area (Å²) in [6.07, 6.45) is 2.91. The number of nitrogens with zero attached hydrogens (tertiary/aromatic N) is 3. The lowest BCUT2D eigenvalue weighted by molar-refractivity contribution is 0.292. The molecule has 10 heteroatoms. The minimum absolute atomic E-state index is 0.119. The Morgan fingerprint density at radius 1 is 1.19 bits per heavy atom. The van der Waals surface area contributed by atoms with Gasteiger partial charge < -0.3 is 23.5 Å². The van der Waals surface area contributed by atoms with Crippen molar-refractivity contribution in [3.8, 4) is 0 Å². The van der Waals surface area contributed by atoms with Crippen molar-refractivity contribution in [2.24, 2.45) is 4.36 Å². The first kappa shape index (κ1) is 18.4. The molecule has 0 atom stereocenters. The van der Waals surface area contributed by atoms with E-state index in [0.29, 0.717) is 36.3 Å². The van der Waals surface area contributed by atoms with Gasteiger partial charge in [0.15, 0.2) is 0 Å². The lowest BCUT2D eigenvalue weighted by Crippen LogP contribution is -2.13. The van der Waals surface area contributed by atoms with Crippen LogP contribution >= 0.6 is 0 Å². The standard InChI is InChI=1S/C16H21N6O3S/c23-9-1-8-17-16-18-14(11-2-3-11)10-15(19-16)21-20-12-4-6-13(7-5-12)22-26(24)25/h4-7,10-11,20,23H,1-3,8-9H2,(H,22,24,25)(H2,17,18,19,21)/q-1. The number of aliphatic hydroxyl groups is 1. The summed E-state index contributed by atoms with van der Waals surface area (Å²) < 4.78 is 23.0. The summed E-state index contributed by atoms with van der Waals surface area (Å²) >= 11 is 0. The van der Waals surface area contributed by atoms with Gasteiger partial charge in [0.2, 0.25) is 5.95 Å². The van der Waals surface area contributed by atoms with Crippen LogP contribution in [0.2, 0.25) is 0 Å². The number of anilines is 3. The maximum atomic E-state index is 10.7. The van der Waals surface area contributed by atoms with Gasteiger partial charge in [0, 0.05) is 30.8 Å². The average Bonchev–Trinajstić information content (AvgIpc) is 3.46. The van der Waals surface area contributed by atoms with Crippen molar-refractivity contribution in [3.05, 3.63) is 36.0 Å². The third-order valence-electron chi connectivity index (χ3n) is 3.75. The molecule has 0 amide bonds. The van der Waals surface area contributed by atoms with Gasteiger partial charge in [0.05, 0.1) is 11.4 Å². The second-order valence-corrected chi connectivity index (χ2v) is 6.54. The highest BCUT2D eigenvalue weighted by atomic mass is 32.2. The van der Waals surface area contributed by atoms with Crippen molar-refractivity contribution >= 4 is 34.0 Å². The first-order chi connectivity index (χ1) is 12.6. The smallest absolute Gasteiger partial charge is 0.224 e. The molecule has 1 aliphatic rings. The predicted molar refractivity (Wildman–Crippen MR) is 101 cm³/mol. The minimum Gasteiger partial charge on any atom is -0.454 e. The van der Waals surface area contributed by atoms with E-state index in [2.05, 4.69) is 30.5 Å². The summed E-state index contributed by atoms with van der Waals surface area (Å²) in [5.41, 5.74) is 8.25. The van der Waals surface area contributed by atoms with Gasteiger partial charge in [-0.2, -0.15) is 4.98 Å². The van der Waals surface area contributed by atoms with Gasteiger partial charge in [0.25, 0.3) is 0 Å². The highest BCUT2D eigenvalue weighted by Gasteiger charge is 2.26. The van der Waals surface area contributed by atoms with E-state index >= 15 is 0 Å². The van der Waals surface area contributed by atoms with Crippen molar-refractivity contribution in [3.63, 3.8) is 0 Å². The molecule has 5 N–H and O–H groups in total. The molecule has 1 fully saturated rings. The molecule has 9 nitrogen and oxygen atoms in total. The van der Waals surface area contributed by atoms with Crippen LogP contribution in [0.3, 0.4) is 0 Å². The average molecular weight is 377 g/mol. The van der Waals surface area contributed by atoms with Crippen LogP contribution in [0.25, 0.3) is 0 Å². The molecule has 0 spiro atoms. The molecule has 1 aromatic heterocycles. The molecule has 0 saturated heterocycles. The van der Waals surface area contributed by atoms with Crippen LogP contribution < -0.4 is 16.2 Å². The summed E-state index contributed by atoms with van der Waals surface area (Å²) in [4.78, 5) is 8.94. The minimum atomic E-state index is -2.21. The Kier molecular flexibility index (Phi) is 6.21. The molecule has 2 aromatic rings. The van der Waals surface area contributed by atoms with Crippen LogP contribution in [0.1, 0.15) is 30.9 Å². The summed E-state index contributed by atoms with van der Waals surface area (Å²) in [5, 5.41) is 12.0. The van der Waals surface area contributed by atoms with E-state index in [4.69, 9.17) is 9.66 Å². The number of hydrogen-bond acceptors (Lipinski definition) is 9. The Morgan fingerprint density at radius 3 is 2.62 bits per heavy atom. The molecule has 26 heavy (non-hydrogen) atoms. The third-order valence-corrected chi connectivity index (χ3v) is 4.11. The summed E-state index contributed by atoms with van der Waals surface area (Å²) in [6.45, 7) is 0.725. The van der Waals surface area contributed by atoms with E-state index in [-0.39, 0.29) is 6.61 Å². The fourth-order valence-electron chi connectivity index (χ4n) is 2.31. The third kappa shape index (κ3) is 5.55. The maximum absolute atomic E-state index is 10.7. The highest BCUT2D eigenvalue weighted by molar-refractivity contribution is 7.68. The molecule has 0 bridgehead atoms. The summed E-state index contributed by atoms with van der Waals surface area (Å²) in [5.74, 6) is 1.66. The van der Waals surface area contributed by atoms with Gasteiger partial charge >= 0.3 is 0 Å². The Balaban J connectivity index is 1.66. The summed E-state index contributed by atoms with van der Waals surface area (Å²) in [7, 11) is -2.21.